The minimum absolute atomic E-state index is 0.450. The van der Waals surface area contributed by atoms with Crippen molar-refractivity contribution in [1.29, 1.82) is 0 Å². The lowest BCUT2D eigenvalue weighted by atomic mass is 9.67. The average Bonchev–Trinajstić information content (AvgIpc) is 3.89. The summed E-state index contributed by atoms with van der Waals surface area (Å²) < 4.78 is 2.58. The second-order valence-corrected chi connectivity index (χ2v) is 17.1. The van der Waals surface area contributed by atoms with Crippen molar-refractivity contribution in [3.05, 3.63) is 253 Å². The van der Waals surface area contributed by atoms with Gasteiger partial charge < -0.3 is 0 Å². The first-order chi connectivity index (χ1) is 30.7. The molecule has 3 heteroatoms. The van der Waals surface area contributed by atoms with Crippen molar-refractivity contribution in [2.45, 2.75) is 5.41 Å². The van der Waals surface area contributed by atoms with Gasteiger partial charge in [0.1, 0.15) is 0 Å². The first-order valence-electron chi connectivity index (χ1n) is 21.1. The van der Waals surface area contributed by atoms with Gasteiger partial charge in [0.2, 0.25) is 0 Å². The molecule has 1 aliphatic rings. The van der Waals surface area contributed by atoms with E-state index in [1.807, 2.05) is 17.4 Å². The number of rotatable bonds is 7. The largest absolute Gasteiger partial charge is 0.228 e. The van der Waals surface area contributed by atoms with E-state index in [1.165, 1.54) is 64.7 Å². The van der Waals surface area contributed by atoms with E-state index in [4.69, 9.17) is 9.97 Å². The Labute approximate surface area is 365 Å². The third-order valence-electron chi connectivity index (χ3n) is 12.6. The molecule has 12 rings (SSSR count). The van der Waals surface area contributed by atoms with Crippen LogP contribution in [0.25, 0.3) is 87.5 Å². The van der Waals surface area contributed by atoms with E-state index in [0.29, 0.717) is 5.82 Å². The molecule has 0 aliphatic heterocycles. The van der Waals surface area contributed by atoms with E-state index in [0.717, 1.165) is 39.2 Å². The number of aromatic nitrogens is 2. The number of fused-ring (bicyclic) bond motifs is 6. The van der Waals surface area contributed by atoms with Crippen molar-refractivity contribution in [3.8, 4) is 67.3 Å². The van der Waals surface area contributed by atoms with E-state index in [9.17, 15) is 0 Å². The van der Waals surface area contributed by atoms with E-state index in [2.05, 4.69) is 224 Å². The van der Waals surface area contributed by atoms with Crippen LogP contribution in [-0.4, -0.2) is 9.97 Å². The molecule has 0 N–H and O–H groups in total. The second-order valence-electron chi connectivity index (χ2n) is 16.0. The van der Waals surface area contributed by atoms with Crippen LogP contribution in [0.15, 0.2) is 231 Å². The van der Waals surface area contributed by atoms with Crippen molar-refractivity contribution in [3.63, 3.8) is 0 Å². The lowest BCUT2D eigenvalue weighted by molar-refractivity contribution is 0.769. The SMILES string of the molecule is c1ccc(-c2nc(-c3ccc(-c4ccc5c(c4)C(c4ccccc4)(c4ccccc4)c4ccccc4-5)cc3)cc(-c3ccccc3-c3cccc4sc5ccccc5c34)n2)cc1. The highest BCUT2D eigenvalue weighted by Crippen LogP contribution is 2.56. The molecule has 0 saturated carbocycles. The Balaban J connectivity index is 0.986. The van der Waals surface area contributed by atoms with Gasteiger partial charge in [-0.15, -0.1) is 11.3 Å². The molecule has 0 atom stereocenters. The zero-order valence-corrected chi connectivity index (χ0v) is 34.6. The van der Waals surface area contributed by atoms with Crippen LogP contribution < -0.4 is 0 Å². The van der Waals surface area contributed by atoms with Crippen LogP contribution >= 0.6 is 11.3 Å². The smallest absolute Gasteiger partial charge is 0.160 e. The third kappa shape index (κ3) is 5.78. The summed E-state index contributed by atoms with van der Waals surface area (Å²) in [6, 6.07) is 83.4. The van der Waals surface area contributed by atoms with E-state index in [-0.39, 0.29) is 0 Å². The quantitative estimate of drug-likeness (QED) is 0.160. The minimum atomic E-state index is -0.450. The van der Waals surface area contributed by atoms with Crippen molar-refractivity contribution >= 4 is 31.5 Å². The maximum atomic E-state index is 5.29. The van der Waals surface area contributed by atoms with Crippen LogP contribution in [0, 0.1) is 0 Å². The predicted octanol–water partition coefficient (Wildman–Crippen LogP) is 15.5. The Morgan fingerprint density at radius 1 is 0.323 bits per heavy atom. The minimum Gasteiger partial charge on any atom is -0.228 e. The number of thiophene rings is 1. The third-order valence-corrected chi connectivity index (χ3v) is 13.8. The highest BCUT2D eigenvalue weighted by Gasteiger charge is 2.46. The highest BCUT2D eigenvalue weighted by molar-refractivity contribution is 7.25. The molecule has 0 spiro atoms. The van der Waals surface area contributed by atoms with Crippen LogP contribution in [-0.2, 0) is 5.41 Å². The van der Waals surface area contributed by atoms with Gasteiger partial charge in [-0.2, -0.15) is 0 Å². The van der Waals surface area contributed by atoms with Crippen LogP contribution in [0.2, 0.25) is 0 Å². The van der Waals surface area contributed by atoms with E-state index >= 15 is 0 Å². The molecule has 2 nitrogen and oxygen atoms in total. The van der Waals surface area contributed by atoms with E-state index in [1.54, 1.807) is 0 Å². The molecule has 0 saturated heterocycles. The van der Waals surface area contributed by atoms with Gasteiger partial charge in [-0.3, -0.25) is 0 Å². The maximum Gasteiger partial charge on any atom is 0.160 e. The fourth-order valence-electron chi connectivity index (χ4n) is 9.85. The van der Waals surface area contributed by atoms with Crippen molar-refractivity contribution < 1.29 is 0 Å². The molecule has 290 valence electrons. The first kappa shape index (κ1) is 36.2. The Morgan fingerprint density at radius 2 is 0.871 bits per heavy atom. The lowest BCUT2D eigenvalue weighted by Crippen LogP contribution is -2.28. The lowest BCUT2D eigenvalue weighted by Gasteiger charge is -2.34. The summed E-state index contributed by atoms with van der Waals surface area (Å²) >= 11 is 1.85. The van der Waals surface area contributed by atoms with Crippen LogP contribution in [0.5, 0.6) is 0 Å². The molecule has 2 aromatic heterocycles. The van der Waals surface area contributed by atoms with Crippen molar-refractivity contribution in [1.82, 2.24) is 9.97 Å². The summed E-state index contributed by atoms with van der Waals surface area (Å²) in [5.41, 5.74) is 16.8. The Morgan fingerprint density at radius 3 is 1.63 bits per heavy atom. The zero-order chi connectivity index (χ0) is 41.0. The zero-order valence-electron chi connectivity index (χ0n) is 33.7. The Bertz CT molecular complexity index is 3400. The number of benzene rings is 9. The Kier molecular flexibility index (Phi) is 8.62. The fourth-order valence-corrected chi connectivity index (χ4v) is 11.0. The van der Waals surface area contributed by atoms with Gasteiger partial charge in [0.05, 0.1) is 16.8 Å². The fraction of sp³-hybridized carbons (Fsp3) is 0.0169. The van der Waals surface area contributed by atoms with Crippen LogP contribution in [0.4, 0.5) is 0 Å². The molecule has 0 fully saturated rings. The van der Waals surface area contributed by atoms with Crippen molar-refractivity contribution in [2.24, 2.45) is 0 Å². The molecule has 11 aromatic rings. The maximum absolute atomic E-state index is 5.29. The molecule has 9 aromatic carbocycles. The van der Waals surface area contributed by atoms with Crippen molar-refractivity contribution in [2.75, 3.05) is 0 Å². The normalized spacial score (nSPS) is 12.6. The molecular formula is C59H38N2S. The average molecular weight is 807 g/mol. The Hall–Kier alpha value is -7.72. The molecule has 62 heavy (non-hydrogen) atoms. The van der Waals surface area contributed by atoms with Gasteiger partial charge >= 0.3 is 0 Å². The number of nitrogens with zero attached hydrogens (tertiary/aromatic N) is 2. The number of hydrogen-bond donors (Lipinski definition) is 0. The molecule has 0 amide bonds. The second kappa shape index (κ2) is 14.8. The summed E-state index contributed by atoms with van der Waals surface area (Å²) in [7, 11) is 0. The molecule has 0 radical (unpaired) electrons. The topological polar surface area (TPSA) is 25.8 Å². The van der Waals surface area contributed by atoms with Crippen LogP contribution in [0.3, 0.4) is 0 Å². The highest BCUT2D eigenvalue weighted by atomic mass is 32.1. The predicted molar refractivity (Wildman–Crippen MR) is 259 cm³/mol. The monoisotopic (exact) mass is 806 g/mol. The van der Waals surface area contributed by atoms with Gasteiger partial charge in [0, 0.05) is 36.9 Å². The molecular weight excluding hydrogens is 769 g/mol. The van der Waals surface area contributed by atoms with E-state index < -0.39 is 5.41 Å². The summed E-state index contributed by atoms with van der Waals surface area (Å²) in [6.07, 6.45) is 0. The number of hydrogen-bond acceptors (Lipinski definition) is 3. The summed E-state index contributed by atoms with van der Waals surface area (Å²) in [5, 5.41) is 2.57. The molecule has 0 bridgehead atoms. The van der Waals surface area contributed by atoms with Crippen LogP contribution in [0.1, 0.15) is 22.3 Å². The first-order valence-corrected chi connectivity index (χ1v) is 22.0. The van der Waals surface area contributed by atoms with Gasteiger partial charge in [-0.05, 0) is 79.9 Å². The summed E-state index contributed by atoms with van der Waals surface area (Å²) in [6.45, 7) is 0. The molecule has 1 aliphatic carbocycles. The summed E-state index contributed by atoms with van der Waals surface area (Å²) in [4.78, 5) is 10.5. The van der Waals surface area contributed by atoms with Gasteiger partial charge in [-0.1, -0.05) is 206 Å². The molecule has 0 unspecified atom stereocenters. The van der Waals surface area contributed by atoms with Gasteiger partial charge in [0.25, 0.3) is 0 Å². The van der Waals surface area contributed by atoms with Gasteiger partial charge in [0.15, 0.2) is 5.82 Å². The summed E-state index contributed by atoms with van der Waals surface area (Å²) in [5.74, 6) is 0.701. The standard InChI is InChI=1S/C59H38N2S/c1-4-17-41(18-5-1)58-60-53(38-54(61-58)48-25-11-10-23-45(48)49-27-16-30-56-57(49)50-26-13-15-29-55(50)62-56)40-33-31-39(32-34-40)42-35-36-47-46-24-12-14-28-51(46)59(52(47)37-42,43-19-6-2-7-20-43)44-21-8-3-9-22-44/h1-38H. The molecule has 2 heterocycles. The van der Waals surface area contributed by atoms with Gasteiger partial charge in [-0.25, -0.2) is 9.97 Å².